The third kappa shape index (κ3) is 6.02. The second kappa shape index (κ2) is 12.6. The van der Waals surface area contributed by atoms with Gasteiger partial charge in [0, 0.05) is 22.4 Å². The molecule has 1 fully saturated rings. The van der Waals surface area contributed by atoms with E-state index in [9.17, 15) is 19.5 Å². The molecular weight excluding hydrogens is 575 g/mol. The number of anilines is 1. The number of oxazole rings is 1. The zero-order valence-electron chi connectivity index (χ0n) is 20.7. The van der Waals surface area contributed by atoms with E-state index in [4.69, 9.17) is 15.0 Å². The number of nitrogens with two attached hydrogens (primary N) is 1. The maximum atomic E-state index is 13.0. The number of carbonyl (C=O) groups is 3. The molecule has 0 unspecified atom stereocenters. The Morgan fingerprint density at radius 3 is 2.79 bits per heavy atom. The first kappa shape index (κ1) is 29.2. The van der Waals surface area contributed by atoms with Crippen LogP contribution < -0.4 is 45.7 Å². The average Bonchev–Trinajstić information content (AvgIpc) is 3.58. The summed E-state index contributed by atoms with van der Waals surface area (Å²) in [5, 5.41) is 19.9. The van der Waals surface area contributed by atoms with Crippen LogP contribution in [0.2, 0.25) is 0 Å². The maximum absolute atomic E-state index is 13.0. The van der Waals surface area contributed by atoms with Crippen LogP contribution >= 0.6 is 34.9 Å². The molecule has 0 radical (unpaired) electrons. The maximum Gasteiger partial charge on any atom is 1.00 e. The molecule has 2 atom stereocenters. The molecule has 3 aromatic rings. The van der Waals surface area contributed by atoms with Crippen molar-refractivity contribution < 1.29 is 58.3 Å². The molecular formula is C23H19N6NaO6S3. The number of hydrogen-bond donors (Lipinski definition) is 2. The van der Waals surface area contributed by atoms with E-state index in [-0.39, 0.29) is 57.5 Å². The van der Waals surface area contributed by atoms with Gasteiger partial charge in [0.2, 0.25) is 0 Å². The molecule has 0 bridgehead atoms. The number of thiazole rings is 1. The fourth-order valence-electron chi connectivity index (χ4n) is 3.89. The summed E-state index contributed by atoms with van der Waals surface area (Å²) in [4.78, 5) is 52.1. The molecule has 39 heavy (non-hydrogen) atoms. The smallest absolute Gasteiger partial charge is 0.543 e. The van der Waals surface area contributed by atoms with Gasteiger partial charge in [-0.1, -0.05) is 47.2 Å². The quantitative estimate of drug-likeness (QED) is 0.0915. The topological polar surface area (TPSA) is 176 Å². The molecule has 1 aromatic carbocycles. The number of carboxylic acids is 1. The predicted molar refractivity (Wildman–Crippen MR) is 140 cm³/mol. The van der Waals surface area contributed by atoms with Crippen LogP contribution in [0.5, 0.6) is 0 Å². The fourth-order valence-corrected chi connectivity index (χ4v) is 6.73. The van der Waals surface area contributed by atoms with E-state index in [0.29, 0.717) is 22.3 Å². The molecule has 1 saturated heterocycles. The Morgan fingerprint density at radius 1 is 1.36 bits per heavy atom. The van der Waals surface area contributed by atoms with E-state index < -0.39 is 29.2 Å². The summed E-state index contributed by atoms with van der Waals surface area (Å²) in [5.74, 6) is -1.61. The number of aliphatic carboxylic acids is 1. The van der Waals surface area contributed by atoms with E-state index in [1.165, 1.54) is 36.0 Å². The molecule has 2 aliphatic rings. The zero-order valence-corrected chi connectivity index (χ0v) is 25.1. The van der Waals surface area contributed by atoms with Crippen LogP contribution in [0, 0.1) is 0 Å². The number of fused-ring (bicyclic) bond motifs is 1. The van der Waals surface area contributed by atoms with E-state index in [0.717, 1.165) is 21.8 Å². The minimum absolute atomic E-state index is 0. The Morgan fingerprint density at radius 2 is 2.13 bits per heavy atom. The Kier molecular flexibility index (Phi) is 9.40. The number of aromatic nitrogens is 2. The van der Waals surface area contributed by atoms with Gasteiger partial charge in [0.05, 0.1) is 17.9 Å². The van der Waals surface area contributed by atoms with E-state index in [1.807, 2.05) is 30.3 Å². The summed E-state index contributed by atoms with van der Waals surface area (Å²) < 4.78 is 5.78. The molecule has 3 N–H and O–H groups in total. The predicted octanol–water partition coefficient (Wildman–Crippen LogP) is -2.07. The van der Waals surface area contributed by atoms with Crippen molar-refractivity contribution in [2.75, 3.05) is 24.3 Å². The van der Waals surface area contributed by atoms with Crippen LogP contribution in [-0.2, 0) is 19.2 Å². The van der Waals surface area contributed by atoms with Crippen molar-refractivity contribution in [2.45, 2.75) is 16.6 Å². The third-order valence-electron chi connectivity index (χ3n) is 5.60. The van der Waals surface area contributed by atoms with Crippen molar-refractivity contribution in [2.24, 2.45) is 5.16 Å². The van der Waals surface area contributed by atoms with Crippen molar-refractivity contribution in [3.63, 3.8) is 0 Å². The van der Waals surface area contributed by atoms with Gasteiger partial charge < -0.3 is 30.2 Å². The molecule has 196 valence electrons. The molecule has 16 heteroatoms. The first-order chi connectivity index (χ1) is 18.4. The van der Waals surface area contributed by atoms with Gasteiger partial charge in [-0.2, -0.15) is 0 Å². The number of carboxylic acid groups (broad SMARTS) is 1. The number of nitrogens with zero attached hydrogens (tertiary/aromatic N) is 4. The number of oxime groups is 1. The van der Waals surface area contributed by atoms with Gasteiger partial charge in [-0.3, -0.25) is 14.5 Å². The Bertz CT molecular complexity index is 1460. The normalized spacial score (nSPS) is 18.6. The largest absolute Gasteiger partial charge is 1.00 e. The van der Waals surface area contributed by atoms with Crippen LogP contribution in [0.3, 0.4) is 0 Å². The van der Waals surface area contributed by atoms with Gasteiger partial charge >= 0.3 is 29.6 Å². The number of benzene rings is 1. The van der Waals surface area contributed by atoms with E-state index in [1.54, 1.807) is 6.20 Å². The van der Waals surface area contributed by atoms with Gasteiger partial charge in [0.1, 0.15) is 24.2 Å². The first-order valence-corrected chi connectivity index (χ1v) is 13.9. The number of thioether (sulfide) groups is 2. The second-order valence-electron chi connectivity index (χ2n) is 7.94. The SMILES string of the molecule is CO/N=C(\C(=O)N[C@@H]1C(=O)N2C(C(=O)[O-])=C(CSc3ncc(-c4ccccc4)o3)CS[C@H]12)c1csc(N)n1.[Na+]. The number of carbonyl (C=O) groups excluding carboxylic acids is 3. The average molecular weight is 595 g/mol. The zero-order chi connectivity index (χ0) is 26.8. The molecule has 0 saturated carbocycles. The van der Waals surface area contributed by atoms with Crippen molar-refractivity contribution in [3.8, 4) is 11.3 Å². The molecule has 4 heterocycles. The summed E-state index contributed by atoms with van der Waals surface area (Å²) in [5.41, 5.74) is 6.85. The fraction of sp³-hybridized carbons (Fsp3) is 0.217. The number of amides is 2. The van der Waals surface area contributed by atoms with Gasteiger partial charge in [0.15, 0.2) is 16.6 Å². The van der Waals surface area contributed by atoms with Crippen molar-refractivity contribution in [3.05, 3.63) is 58.9 Å². The number of rotatable bonds is 9. The Balaban J connectivity index is 0.00000353. The number of β-lactam (4-membered cyclic amide) rings is 1. The molecule has 2 aromatic heterocycles. The molecule has 12 nitrogen and oxygen atoms in total. The van der Waals surface area contributed by atoms with Gasteiger partial charge in [-0.05, 0) is 5.57 Å². The van der Waals surface area contributed by atoms with E-state index >= 15 is 0 Å². The second-order valence-corrected chi connectivity index (χ2v) is 10.9. The van der Waals surface area contributed by atoms with Gasteiger partial charge in [0.25, 0.3) is 17.0 Å². The molecule has 2 aliphatic heterocycles. The van der Waals surface area contributed by atoms with Crippen LogP contribution in [0.15, 0.2) is 68.0 Å². The standard InChI is InChI=1S/C23H20N6O6S3.Na/c1-34-28-15(13-10-37-22(24)26-13)18(30)27-16-19(31)29-17(21(32)33)12(8-36-20(16)29)9-38-23-25-7-14(35-23)11-5-3-2-4-6-11;/h2-7,10,16,20H,8-9H2,1H3,(H2,24,26)(H,27,30)(H,32,33);/q;+1/p-1/b28-15-;/t16-,20-;/m1./s1. The number of nitrogens with one attached hydrogen (secondary N) is 1. The monoisotopic (exact) mass is 594 g/mol. The van der Waals surface area contributed by atoms with Crippen molar-refractivity contribution in [1.29, 1.82) is 0 Å². The molecule has 0 spiro atoms. The number of nitrogen functional groups attached to an aromatic ring is 1. The Labute approximate surface area is 256 Å². The minimum Gasteiger partial charge on any atom is -0.543 e. The molecule has 2 amide bonds. The van der Waals surface area contributed by atoms with Gasteiger partial charge in [-0.15, -0.1) is 23.1 Å². The summed E-state index contributed by atoms with van der Waals surface area (Å²) >= 11 is 3.67. The minimum atomic E-state index is -1.47. The van der Waals surface area contributed by atoms with Crippen molar-refractivity contribution in [1.82, 2.24) is 20.2 Å². The van der Waals surface area contributed by atoms with Crippen molar-refractivity contribution >= 4 is 63.5 Å². The summed E-state index contributed by atoms with van der Waals surface area (Å²) in [6.07, 6.45) is 1.60. The Hall–Kier alpha value is -2.82. The first-order valence-electron chi connectivity index (χ1n) is 11.0. The van der Waals surface area contributed by atoms with Gasteiger partial charge in [-0.25, -0.2) is 9.97 Å². The summed E-state index contributed by atoms with van der Waals surface area (Å²) in [6.45, 7) is 0. The van der Waals surface area contributed by atoms with Crippen LogP contribution in [0.25, 0.3) is 11.3 Å². The van der Waals surface area contributed by atoms with E-state index in [2.05, 4.69) is 20.4 Å². The van der Waals surface area contributed by atoms with Crippen LogP contribution in [0.4, 0.5) is 5.13 Å². The molecule has 5 rings (SSSR count). The molecule has 0 aliphatic carbocycles. The summed E-state index contributed by atoms with van der Waals surface area (Å²) in [7, 11) is 1.27. The van der Waals surface area contributed by atoms with Crippen LogP contribution in [-0.4, -0.2) is 68.4 Å². The third-order valence-corrected chi connectivity index (χ3v) is 8.54. The number of hydrogen-bond acceptors (Lipinski definition) is 13. The van der Waals surface area contributed by atoms with Crippen LogP contribution in [0.1, 0.15) is 5.69 Å². The summed E-state index contributed by atoms with van der Waals surface area (Å²) in [6, 6.07) is 8.49.